The van der Waals surface area contributed by atoms with Gasteiger partial charge in [0.15, 0.2) is 0 Å². The van der Waals surface area contributed by atoms with E-state index in [0.717, 1.165) is 47.6 Å². The van der Waals surface area contributed by atoms with Crippen molar-refractivity contribution in [3.63, 3.8) is 0 Å². The van der Waals surface area contributed by atoms with Crippen molar-refractivity contribution in [3.05, 3.63) is 10.6 Å². The third kappa shape index (κ3) is 3.20. The summed E-state index contributed by atoms with van der Waals surface area (Å²) in [5, 5.41) is 0. The Morgan fingerprint density at radius 1 is 1.32 bits per heavy atom. The third-order valence-electron chi connectivity index (χ3n) is 4.56. The van der Waals surface area contributed by atoms with E-state index in [4.69, 9.17) is 0 Å². The van der Waals surface area contributed by atoms with Crippen molar-refractivity contribution in [1.29, 1.82) is 0 Å². The molecular formula is C15H22N2O3S2. The molecule has 3 rings (SSSR count). The second kappa shape index (κ2) is 5.60. The number of hydrogen-bond acceptors (Lipinski definition) is 5. The first-order valence-electron chi connectivity index (χ1n) is 7.77. The average molecular weight is 342 g/mol. The molecule has 1 heterocycles. The molecule has 0 aromatic carbocycles. The highest BCUT2D eigenvalue weighted by Crippen LogP contribution is 2.40. The van der Waals surface area contributed by atoms with Crippen molar-refractivity contribution in [1.82, 2.24) is 9.88 Å². The van der Waals surface area contributed by atoms with Crippen molar-refractivity contribution >= 4 is 27.1 Å². The van der Waals surface area contributed by atoms with Gasteiger partial charge in [-0.2, -0.15) is 0 Å². The number of thiazole rings is 1. The summed E-state index contributed by atoms with van der Waals surface area (Å²) >= 11 is 1.16. The summed E-state index contributed by atoms with van der Waals surface area (Å²) < 4.78 is 25.0. The first-order valence-corrected chi connectivity index (χ1v) is 10.2. The van der Waals surface area contributed by atoms with Crippen LogP contribution in [0.25, 0.3) is 0 Å². The van der Waals surface area contributed by atoms with Gasteiger partial charge in [0, 0.05) is 17.0 Å². The van der Waals surface area contributed by atoms with Crippen LogP contribution in [0.5, 0.6) is 0 Å². The van der Waals surface area contributed by atoms with E-state index in [1.54, 1.807) is 6.92 Å². The maximum Gasteiger partial charge on any atom is 0.238 e. The van der Waals surface area contributed by atoms with Gasteiger partial charge >= 0.3 is 0 Å². The van der Waals surface area contributed by atoms with Crippen LogP contribution in [0, 0.1) is 19.8 Å². The molecule has 0 aliphatic heterocycles. The maximum atomic E-state index is 12.6. The van der Waals surface area contributed by atoms with Crippen molar-refractivity contribution in [3.8, 4) is 0 Å². The van der Waals surface area contributed by atoms with E-state index in [-0.39, 0.29) is 22.3 Å². The van der Waals surface area contributed by atoms with Crippen molar-refractivity contribution < 1.29 is 13.2 Å². The Labute approximate surface area is 135 Å². The fourth-order valence-electron chi connectivity index (χ4n) is 2.80. The maximum absolute atomic E-state index is 12.6. The average Bonchev–Trinajstić information content (AvgIpc) is 3.31. The molecular weight excluding hydrogens is 320 g/mol. The van der Waals surface area contributed by atoms with E-state index >= 15 is 0 Å². The predicted molar refractivity (Wildman–Crippen MR) is 85.7 cm³/mol. The second-order valence-electron chi connectivity index (χ2n) is 6.49. The number of hydrogen-bond donors (Lipinski definition) is 0. The van der Waals surface area contributed by atoms with Crippen LogP contribution in [0.15, 0.2) is 4.34 Å². The molecule has 0 radical (unpaired) electrons. The van der Waals surface area contributed by atoms with Crippen LogP contribution in [-0.2, 0) is 14.6 Å². The summed E-state index contributed by atoms with van der Waals surface area (Å²) in [6.45, 7) is 5.69. The topological polar surface area (TPSA) is 67.3 Å². The number of amides is 1. The van der Waals surface area contributed by atoms with Gasteiger partial charge in [0.2, 0.25) is 20.1 Å². The summed E-state index contributed by atoms with van der Waals surface area (Å²) in [5.74, 6) is -0.156. The molecule has 2 saturated carbocycles. The van der Waals surface area contributed by atoms with E-state index in [0.29, 0.717) is 5.92 Å². The summed E-state index contributed by atoms with van der Waals surface area (Å²) in [7, 11) is -3.63. The number of carbonyl (C=O) groups excluding carboxylic acids is 1. The fourth-order valence-corrected chi connectivity index (χ4v) is 5.37. The van der Waals surface area contributed by atoms with Crippen molar-refractivity contribution in [2.45, 2.75) is 62.9 Å². The lowest BCUT2D eigenvalue weighted by molar-refractivity contribution is -0.131. The van der Waals surface area contributed by atoms with Crippen molar-refractivity contribution in [2.75, 3.05) is 5.75 Å². The van der Waals surface area contributed by atoms with E-state index in [2.05, 4.69) is 11.9 Å². The van der Waals surface area contributed by atoms with Gasteiger partial charge in [0.1, 0.15) is 5.75 Å². The smallest absolute Gasteiger partial charge is 0.238 e. The van der Waals surface area contributed by atoms with Crippen LogP contribution < -0.4 is 0 Å². The Kier molecular flexibility index (Phi) is 4.05. The summed E-state index contributed by atoms with van der Waals surface area (Å²) in [6, 6.07) is 0.410. The molecule has 5 nitrogen and oxygen atoms in total. The molecule has 1 amide bonds. The normalized spacial score (nSPS) is 20.0. The standard InChI is InChI=1S/C15H22N2O3S2/c1-9-11(3)21-15(16-9)22(19,20)8-14(18)17(13-6-7-13)10(2)12-4-5-12/h10,12-13H,4-8H2,1-3H3/t10-/m0/s1. The van der Waals surface area contributed by atoms with E-state index in [1.807, 2.05) is 11.8 Å². The van der Waals surface area contributed by atoms with Crippen LogP contribution in [-0.4, -0.2) is 42.0 Å². The summed E-state index contributed by atoms with van der Waals surface area (Å²) in [4.78, 5) is 19.4. The largest absolute Gasteiger partial charge is 0.336 e. The molecule has 122 valence electrons. The van der Waals surface area contributed by atoms with Crippen LogP contribution in [0.2, 0.25) is 0 Å². The Morgan fingerprint density at radius 3 is 2.41 bits per heavy atom. The number of nitrogens with zero attached hydrogens (tertiary/aromatic N) is 2. The Balaban J connectivity index is 1.76. The van der Waals surface area contributed by atoms with Gasteiger partial charge < -0.3 is 4.90 Å². The number of carbonyl (C=O) groups is 1. The monoisotopic (exact) mass is 342 g/mol. The molecule has 0 bridgehead atoms. The number of aromatic nitrogens is 1. The molecule has 2 aliphatic carbocycles. The Morgan fingerprint density at radius 2 is 1.95 bits per heavy atom. The molecule has 0 N–H and O–H groups in total. The van der Waals surface area contributed by atoms with Gasteiger partial charge in [0.25, 0.3) is 0 Å². The lowest BCUT2D eigenvalue weighted by Crippen LogP contribution is -2.44. The molecule has 22 heavy (non-hydrogen) atoms. The first kappa shape index (κ1) is 15.9. The lowest BCUT2D eigenvalue weighted by Gasteiger charge is -2.29. The minimum Gasteiger partial charge on any atom is -0.336 e. The molecule has 0 unspecified atom stereocenters. The Bertz CT molecular complexity index is 668. The molecule has 1 atom stereocenters. The molecule has 2 fully saturated rings. The summed E-state index contributed by atoms with van der Waals surface area (Å²) in [6.07, 6.45) is 4.29. The molecule has 1 aromatic heterocycles. The van der Waals surface area contributed by atoms with Gasteiger partial charge in [0.05, 0.1) is 5.69 Å². The van der Waals surface area contributed by atoms with Gasteiger partial charge in [-0.05, 0) is 52.4 Å². The fraction of sp³-hybridized carbons (Fsp3) is 0.733. The van der Waals surface area contributed by atoms with Crippen molar-refractivity contribution in [2.24, 2.45) is 5.92 Å². The van der Waals surface area contributed by atoms with Gasteiger partial charge in [-0.25, -0.2) is 13.4 Å². The van der Waals surface area contributed by atoms with Crippen LogP contribution >= 0.6 is 11.3 Å². The van der Waals surface area contributed by atoms with Crippen LogP contribution in [0.4, 0.5) is 0 Å². The number of rotatable bonds is 6. The predicted octanol–water partition coefficient (Wildman–Crippen LogP) is 2.32. The molecule has 0 spiro atoms. The third-order valence-corrected chi connectivity index (χ3v) is 7.69. The minimum atomic E-state index is -3.63. The minimum absolute atomic E-state index is 0.0747. The molecule has 2 aliphatic rings. The van der Waals surface area contributed by atoms with Gasteiger partial charge in [-0.3, -0.25) is 4.79 Å². The SMILES string of the molecule is Cc1nc(S(=O)(=O)CC(=O)N(C2CC2)[C@@H](C)C2CC2)sc1C. The summed E-state index contributed by atoms with van der Waals surface area (Å²) in [5.41, 5.74) is 0.724. The highest BCUT2D eigenvalue weighted by molar-refractivity contribution is 7.94. The van der Waals surface area contributed by atoms with Gasteiger partial charge in [-0.1, -0.05) is 0 Å². The Hall–Kier alpha value is -0.950. The molecule has 1 aromatic rings. The number of aryl methyl sites for hydroxylation is 2. The molecule has 0 saturated heterocycles. The highest BCUT2D eigenvalue weighted by Gasteiger charge is 2.42. The van der Waals surface area contributed by atoms with Gasteiger partial charge in [-0.15, -0.1) is 11.3 Å². The zero-order valence-electron chi connectivity index (χ0n) is 13.2. The quantitative estimate of drug-likeness (QED) is 0.796. The molecule has 7 heteroatoms. The first-order chi connectivity index (χ1) is 10.3. The van der Waals surface area contributed by atoms with Crippen LogP contribution in [0.3, 0.4) is 0 Å². The number of sulfone groups is 1. The second-order valence-corrected chi connectivity index (χ2v) is 9.86. The zero-order chi connectivity index (χ0) is 16.1. The lowest BCUT2D eigenvalue weighted by atomic mass is 10.2. The van der Waals surface area contributed by atoms with E-state index in [1.165, 1.54) is 0 Å². The van der Waals surface area contributed by atoms with E-state index < -0.39 is 15.6 Å². The van der Waals surface area contributed by atoms with E-state index in [9.17, 15) is 13.2 Å². The zero-order valence-corrected chi connectivity index (χ0v) is 14.8. The highest BCUT2D eigenvalue weighted by atomic mass is 32.2. The van der Waals surface area contributed by atoms with Crippen LogP contribution in [0.1, 0.15) is 43.2 Å².